The van der Waals surface area contributed by atoms with Gasteiger partial charge in [0.2, 0.25) is 0 Å². The highest BCUT2D eigenvalue weighted by atomic mass is 79.9. The average Bonchev–Trinajstić information content (AvgIpc) is 2.52. The van der Waals surface area contributed by atoms with Gasteiger partial charge in [0.05, 0.1) is 12.2 Å². The number of hydrogen-bond acceptors (Lipinski definition) is 3. The molecule has 0 spiro atoms. The molecule has 1 aliphatic heterocycles. The maximum atomic E-state index is 9.93. The van der Waals surface area contributed by atoms with Crippen LogP contribution < -0.4 is 0 Å². The quantitative estimate of drug-likeness (QED) is 0.386. The molecular weight excluding hydrogens is 368 g/mol. The summed E-state index contributed by atoms with van der Waals surface area (Å²) in [5.74, 6) is 0. The topological polar surface area (TPSA) is 38.7 Å². The highest BCUT2D eigenvalue weighted by Gasteiger charge is 2.23. The number of alkyl halides is 1. The van der Waals surface area contributed by atoms with Crippen LogP contribution in [0.1, 0.15) is 72.6 Å². The van der Waals surface area contributed by atoms with Gasteiger partial charge in [-0.25, -0.2) is 0 Å². The SMILES string of the molecule is CC(=CCOC1CCCCO1)CCC=C(C)CCC(Br)C(C)(C)O. The summed E-state index contributed by atoms with van der Waals surface area (Å²) in [6.07, 6.45) is 12.0. The molecule has 1 N–H and O–H groups in total. The normalized spacial score (nSPS) is 21.8. The summed E-state index contributed by atoms with van der Waals surface area (Å²) < 4.78 is 11.3. The van der Waals surface area contributed by atoms with E-state index in [9.17, 15) is 5.11 Å². The van der Waals surface area contributed by atoms with Crippen molar-refractivity contribution in [1.29, 1.82) is 0 Å². The summed E-state index contributed by atoms with van der Waals surface area (Å²) in [6, 6.07) is 0. The van der Waals surface area contributed by atoms with Crippen molar-refractivity contribution >= 4 is 15.9 Å². The maximum absolute atomic E-state index is 9.93. The molecule has 1 rings (SSSR count). The molecule has 0 amide bonds. The van der Waals surface area contributed by atoms with E-state index in [0.717, 1.165) is 45.1 Å². The van der Waals surface area contributed by atoms with Crippen molar-refractivity contribution in [3.63, 3.8) is 0 Å². The lowest BCUT2D eigenvalue weighted by atomic mass is 9.98. The minimum atomic E-state index is -0.665. The summed E-state index contributed by atoms with van der Waals surface area (Å²) in [5, 5.41) is 9.93. The highest BCUT2D eigenvalue weighted by molar-refractivity contribution is 9.09. The van der Waals surface area contributed by atoms with Crippen LogP contribution in [0.15, 0.2) is 23.3 Å². The van der Waals surface area contributed by atoms with Crippen LogP contribution >= 0.6 is 15.9 Å². The molecule has 0 aliphatic carbocycles. The molecule has 2 unspecified atom stereocenters. The number of rotatable bonds is 10. The lowest BCUT2D eigenvalue weighted by Crippen LogP contribution is -2.31. The van der Waals surface area contributed by atoms with E-state index in [0.29, 0.717) is 6.61 Å². The summed E-state index contributed by atoms with van der Waals surface area (Å²) in [6.45, 7) is 9.51. The van der Waals surface area contributed by atoms with Gasteiger partial charge in [-0.2, -0.15) is 0 Å². The van der Waals surface area contributed by atoms with Crippen molar-refractivity contribution in [3.05, 3.63) is 23.3 Å². The van der Waals surface area contributed by atoms with Gasteiger partial charge >= 0.3 is 0 Å². The van der Waals surface area contributed by atoms with Crippen LogP contribution in [0.5, 0.6) is 0 Å². The Balaban J connectivity index is 2.18. The number of allylic oxidation sites excluding steroid dienone is 3. The average molecular weight is 403 g/mol. The molecule has 0 radical (unpaired) electrons. The Morgan fingerprint density at radius 3 is 2.58 bits per heavy atom. The monoisotopic (exact) mass is 402 g/mol. The van der Waals surface area contributed by atoms with E-state index in [2.05, 4.69) is 41.9 Å². The molecule has 0 aromatic carbocycles. The van der Waals surface area contributed by atoms with E-state index >= 15 is 0 Å². The molecule has 3 nitrogen and oxygen atoms in total. The van der Waals surface area contributed by atoms with Gasteiger partial charge in [0.1, 0.15) is 0 Å². The molecule has 4 heteroatoms. The van der Waals surface area contributed by atoms with Crippen LogP contribution in [0.25, 0.3) is 0 Å². The van der Waals surface area contributed by atoms with Crippen molar-refractivity contribution in [2.24, 2.45) is 0 Å². The first-order chi connectivity index (χ1) is 11.3. The molecule has 0 bridgehead atoms. The van der Waals surface area contributed by atoms with Crippen molar-refractivity contribution in [2.45, 2.75) is 89.4 Å². The molecular formula is C20H35BrO3. The minimum Gasteiger partial charge on any atom is -0.389 e. The summed E-state index contributed by atoms with van der Waals surface area (Å²) in [7, 11) is 0. The maximum Gasteiger partial charge on any atom is 0.157 e. The van der Waals surface area contributed by atoms with E-state index in [4.69, 9.17) is 9.47 Å². The zero-order valence-electron chi connectivity index (χ0n) is 15.8. The highest BCUT2D eigenvalue weighted by Crippen LogP contribution is 2.24. The fourth-order valence-electron chi connectivity index (χ4n) is 2.60. The first-order valence-corrected chi connectivity index (χ1v) is 10.1. The summed E-state index contributed by atoms with van der Waals surface area (Å²) >= 11 is 3.57. The van der Waals surface area contributed by atoms with E-state index in [-0.39, 0.29) is 11.1 Å². The van der Waals surface area contributed by atoms with Crippen molar-refractivity contribution in [2.75, 3.05) is 13.2 Å². The molecule has 1 aliphatic rings. The first-order valence-electron chi connectivity index (χ1n) is 9.20. The number of hydrogen-bond donors (Lipinski definition) is 1. The Hall–Kier alpha value is -0.160. The van der Waals surface area contributed by atoms with Gasteiger partial charge in [-0.05, 0) is 72.6 Å². The Morgan fingerprint density at radius 1 is 1.25 bits per heavy atom. The lowest BCUT2D eigenvalue weighted by molar-refractivity contribution is -0.155. The minimum absolute atomic E-state index is 0.00193. The zero-order valence-corrected chi connectivity index (χ0v) is 17.4. The first kappa shape index (κ1) is 21.9. The van der Waals surface area contributed by atoms with Crippen LogP contribution in [0.3, 0.4) is 0 Å². The standard InChI is InChI=1S/C20H35BrO3/c1-16(11-12-18(21)20(3,4)22)8-7-9-17(2)13-15-24-19-10-5-6-14-23-19/h8,13,18-19,22H,5-7,9-12,14-15H2,1-4H3. The van der Waals surface area contributed by atoms with Crippen molar-refractivity contribution in [3.8, 4) is 0 Å². The fraction of sp³-hybridized carbons (Fsp3) is 0.800. The number of aliphatic hydroxyl groups is 1. The smallest absolute Gasteiger partial charge is 0.157 e. The zero-order chi connectivity index (χ0) is 18.0. The van der Waals surface area contributed by atoms with Gasteiger partial charge in [-0.3, -0.25) is 0 Å². The molecule has 2 atom stereocenters. The van der Waals surface area contributed by atoms with Crippen LogP contribution in [-0.4, -0.2) is 35.0 Å². The van der Waals surface area contributed by atoms with Crippen molar-refractivity contribution < 1.29 is 14.6 Å². The predicted molar refractivity (Wildman–Crippen MR) is 105 cm³/mol. The third-order valence-electron chi connectivity index (χ3n) is 4.44. The Kier molecular flexibility index (Phi) is 10.4. The van der Waals surface area contributed by atoms with Crippen LogP contribution in [0, 0.1) is 0 Å². The lowest BCUT2D eigenvalue weighted by Gasteiger charge is -2.24. The van der Waals surface area contributed by atoms with Gasteiger partial charge < -0.3 is 14.6 Å². The third-order valence-corrected chi connectivity index (χ3v) is 6.02. The third kappa shape index (κ3) is 9.97. The number of ether oxygens (including phenoxy) is 2. The van der Waals surface area contributed by atoms with E-state index in [1.165, 1.54) is 17.6 Å². The second-order valence-corrected chi connectivity index (χ2v) is 8.53. The van der Waals surface area contributed by atoms with E-state index in [1.54, 1.807) is 0 Å². The van der Waals surface area contributed by atoms with Gasteiger partial charge in [-0.15, -0.1) is 0 Å². The molecule has 0 saturated carbocycles. The van der Waals surface area contributed by atoms with Crippen LogP contribution in [-0.2, 0) is 9.47 Å². The Labute approximate surface area is 156 Å². The molecule has 1 saturated heterocycles. The van der Waals surface area contributed by atoms with E-state index < -0.39 is 5.60 Å². The Bertz CT molecular complexity index is 404. The van der Waals surface area contributed by atoms with Gasteiger partial charge in [0, 0.05) is 11.4 Å². The predicted octanol–water partition coefficient (Wildman–Crippen LogP) is 5.52. The summed E-state index contributed by atoms with van der Waals surface area (Å²) in [4.78, 5) is 0.133. The summed E-state index contributed by atoms with van der Waals surface area (Å²) in [5.41, 5.74) is 2.09. The molecule has 24 heavy (non-hydrogen) atoms. The van der Waals surface area contributed by atoms with Crippen LogP contribution in [0.4, 0.5) is 0 Å². The second kappa shape index (κ2) is 11.5. The van der Waals surface area contributed by atoms with Crippen molar-refractivity contribution in [1.82, 2.24) is 0 Å². The van der Waals surface area contributed by atoms with Gasteiger partial charge in [0.25, 0.3) is 0 Å². The largest absolute Gasteiger partial charge is 0.389 e. The van der Waals surface area contributed by atoms with Gasteiger partial charge in [-0.1, -0.05) is 39.2 Å². The molecule has 140 valence electrons. The molecule has 1 heterocycles. The molecule has 0 aromatic rings. The fourth-order valence-corrected chi connectivity index (χ4v) is 2.83. The van der Waals surface area contributed by atoms with E-state index in [1.807, 2.05) is 13.8 Å². The Morgan fingerprint density at radius 2 is 1.96 bits per heavy atom. The van der Waals surface area contributed by atoms with Gasteiger partial charge in [0.15, 0.2) is 6.29 Å². The number of halogens is 1. The van der Waals surface area contributed by atoms with Crippen LogP contribution in [0.2, 0.25) is 0 Å². The molecule has 0 aromatic heterocycles. The second-order valence-electron chi connectivity index (χ2n) is 7.43. The molecule has 1 fully saturated rings.